The fourth-order valence-corrected chi connectivity index (χ4v) is 2.19. The second-order valence-electron chi connectivity index (χ2n) is 5.07. The highest BCUT2D eigenvalue weighted by Gasteiger charge is 2.29. The first-order valence-electron chi connectivity index (χ1n) is 7.42. The molecule has 0 aliphatic heterocycles. The number of anilines is 1. The number of hydrogen-bond acceptors (Lipinski definition) is 5. The second kappa shape index (κ2) is 7.83. The van der Waals surface area contributed by atoms with Gasteiger partial charge >= 0.3 is 5.69 Å². The SMILES string of the molecule is CCCOc1cccc(NC(CC)(CC)CN)c1[N+](=O)[O-]. The molecule has 6 heteroatoms. The molecular formula is C15H25N3O3. The van der Waals surface area contributed by atoms with E-state index >= 15 is 0 Å². The minimum absolute atomic E-state index is 0.0225. The molecule has 0 aliphatic rings. The van der Waals surface area contributed by atoms with Gasteiger partial charge in [-0.2, -0.15) is 0 Å². The topological polar surface area (TPSA) is 90.4 Å². The van der Waals surface area contributed by atoms with E-state index in [9.17, 15) is 10.1 Å². The predicted octanol–water partition coefficient (Wildman–Crippen LogP) is 3.31. The molecule has 1 aromatic carbocycles. The Morgan fingerprint density at radius 1 is 1.33 bits per heavy atom. The predicted molar refractivity (Wildman–Crippen MR) is 84.9 cm³/mol. The Balaban J connectivity index is 3.19. The molecule has 0 unspecified atom stereocenters. The van der Waals surface area contributed by atoms with Crippen LogP contribution < -0.4 is 15.8 Å². The van der Waals surface area contributed by atoms with Gasteiger partial charge in [0.25, 0.3) is 0 Å². The van der Waals surface area contributed by atoms with Crippen molar-refractivity contribution in [2.45, 2.75) is 45.6 Å². The standard InChI is InChI=1S/C15H25N3O3/c1-4-10-21-13-9-7-8-12(14(13)18(19)20)17-15(5-2,6-3)11-16/h7-9,17H,4-6,10-11,16H2,1-3H3. The van der Waals surface area contributed by atoms with Crippen LogP contribution in [0.15, 0.2) is 18.2 Å². The van der Waals surface area contributed by atoms with Gasteiger partial charge in [0.2, 0.25) is 0 Å². The summed E-state index contributed by atoms with van der Waals surface area (Å²) in [6.07, 6.45) is 2.37. The average Bonchev–Trinajstić information content (AvgIpc) is 2.50. The minimum Gasteiger partial charge on any atom is -0.487 e. The van der Waals surface area contributed by atoms with Crippen molar-refractivity contribution < 1.29 is 9.66 Å². The largest absolute Gasteiger partial charge is 0.487 e. The first kappa shape index (κ1) is 17.2. The van der Waals surface area contributed by atoms with E-state index in [2.05, 4.69) is 5.32 Å². The first-order valence-corrected chi connectivity index (χ1v) is 7.42. The first-order chi connectivity index (χ1) is 10.0. The third kappa shape index (κ3) is 4.07. The van der Waals surface area contributed by atoms with Gasteiger partial charge in [0.1, 0.15) is 5.69 Å². The van der Waals surface area contributed by atoms with Gasteiger partial charge in [-0.05, 0) is 31.4 Å². The molecule has 0 aliphatic carbocycles. The van der Waals surface area contributed by atoms with Crippen molar-refractivity contribution in [2.75, 3.05) is 18.5 Å². The maximum absolute atomic E-state index is 11.4. The van der Waals surface area contributed by atoms with Gasteiger partial charge < -0.3 is 15.8 Å². The normalized spacial score (nSPS) is 11.2. The lowest BCUT2D eigenvalue weighted by Gasteiger charge is -2.32. The van der Waals surface area contributed by atoms with Crippen molar-refractivity contribution in [1.82, 2.24) is 0 Å². The quantitative estimate of drug-likeness (QED) is 0.538. The summed E-state index contributed by atoms with van der Waals surface area (Å²) in [4.78, 5) is 11.0. The Labute approximate surface area is 125 Å². The van der Waals surface area contributed by atoms with Gasteiger partial charge in [-0.1, -0.05) is 26.8 Å². The van der Waals surface area contributed by atoms with E-state index in [1.807, 2.05) is 20.8 Å². The van der Waals surface area contributed by atoms with Crippen LogP contribution in [0.5, 0.6) is 5.75 Å². The van der Waals surface area contributed by atoms with Crippen molar-refractivity contribution in [3.05, 3.63) is 28.3 Å². The fraction of sp³-hybridized carbons (Fsp3) is 0.600. The van der Waals surface area contributed by atoms with Crippen molar-refractivity contribution >= 4 is 11.4 Å². The summed E-state index contributed by atoms with van der Waals surface area (Å²) in [5, 5.41) is 14.7. The second-order valence-corrected chi connectivity index (χ2v) is 5.07. The molecule has 21 heavy (non-hydrogen) atoms. The molecule has 0 spiro atoms. The number of para-hydroxylation sites is 1. The molecule has 0 radical (unpaired) electrons. The lowest BCUT2D eigenvalue weighted by Crippen LogP contribution is -2.44. The molecule has 0 bridgehead atoms. The van der Waals surface area contributed by atoms with Crippen molar-refractivity contribution in [1.29, 1.82) is 0 Å². The molecule has 3 N–H and O–H groups in total. The summed E-state index contributed by atoms with van der Waals surface area (Å²) >= 11 is 0. The molecular weight excluding hydrogens is 270 g/mol. The number of rotatable bonds is 9. The van der Waals surface area contributed by atoms with Crippen LogP contribution in [0.4, 0.5) is 11.4 Å². The summed E-state index contributed by atoms with van der Waals surface area (Å²) in [7, 11) is 0. The molecule has 0 fully saturated rings. The van der Waals surface area contributed by atoms with Crippen LogP contribution in [-0.2, 0) is 0 Å². The Bertz CT molecular complexity index is 465. The Morgan fingerprint density at radius 3 is 2.48 bits per heavy atom. The highest BCUT2D eigenvalue weighted by molar-refractivity contribution is 5.69. The monoisotopic (exact) mass is 295 g/mol. The molecule has 0 saturated heterocycles. The minimum atomic E-state index is -0.403. The highest BCUT2D eigenvalue weighted by Crippen LogP contribution is 2.37. The number of hydrogen-bond donors (Lipinski definition) is 2. The molecule has 1 aromatic rings. The molecule has 118 valence electrons. The zero-order chi connectivity index (χ0) is 15.9. The van der Waals surface area contributed by atoms with Crippen molar-refractivity contribution in [2.24, 2.45) is 5.73 Å². The smallest absolute Gasteiger partial charge is 0.333 e. The fourth-order valence-electron chi connectivity index (χ4n) is 2.19. The van der Waals surface area contributed by atoms with Gasteiger partial charge in [0, 0.05) is 12.1 Å². The molecule has 1 rings (SSSR count). The number of nitrogens with two attached hydrogens (primary N) is 1. The molecule has 0 heterocycles. The summed E-state index contributed by atoms with van der Waals surface area (Å²) in [5.41, 5.74) is 5.96. The van der Waals surface area contributed by atoms with E-state index in [1.165, 1.54) is 0 Å². The highest BCUT2D eigenvalue weighted by atomic mass is 16.6. The van der Waals surface area contributed by atoms with E-state index in [1.54, 1.807) is 18.2 Å². The summed E-state index contributed by atoms with van der Waals surface area (Å²) in [6, 6.07) is 5.08. The Kier molecular flexibility index (Phi) is 6.42. The number of benzene rings is 1. The van der Waals surface area contributed by atoms with E-state index in [0.29, 0.717) is 24.6 Å². The van der Waals surface area contributed by atoms with Crippen molar-refractivity contribution in [3.8, 4) is 5.75 Å². The van der Waals surface area contributed by atoms with E-state index in [0.717, 1.165) is 19.3 Å². The number of nitro benzene ring substituents is 1. The lowest BCUT2D eigenvalue weighted by atomic mass is 9.92. The molecule has 0 aromatic heterocycles. The molecule has 0 atom stereocenters. The summed E-state index contributed by atoms with van der Waals surface area (Å²) < 4.78 is 5.49. The van der Waals surface area contributed by atoms with Gasteiger partial charge in [0.15, 0.2) is 5.75 Å². The third-order valence-electron chi connectivity index (χ3n) is 3.79. The Hall–Kier alpha value is -1.82. The van der Waals surface area contributed by atoms with Crippen LogP contribution >= 0.6 is 0 Å². The number of nitrogens with zero attached hydrogens (tertiary/aromatic N) is 1. The van der Waals surface area contributed by atoms with Crippen LogP contribution in [0.2, 0.25) is 0 Å². The average molecular weight is 295 g/mol. The van der Waals surface area contributed by atoms with Crippen LogP contribution in [-0.4, -0.2) is 23.6 Å². The lowest BCUT2D eigenvalue weighted by molar-refractivity contribution is -0.385. The van der Waals surface area contributed by atoms with Crippen LogP contribution in [0.1, 0.15) is 40.0 Å². The van der Waals surface area contributed by atoms with Gasteiger partial charge in [-0.3, -0.25) is 10.1 Å². The van der Waals surface area contributed by atoms with E-state index in [4.69, 9.17) is 10.5 Å². The molecule has 0 saturated carbocycles. The maximum atomic E-state index is 11.4. The third-order valence-corrected chi connectivity index (χ3v) is 3.79. The van der Waals surface area contributed by atoms with E-state index in [-0.39, 0.29) is 11.2 Å². The molecule has 6 nitrogen and oxygen atoms in total. The van der Waals surface area contributed by atoms with Crippen LogP contribution in [0, 0.1) is 10.1 Å². The van der Waals surface area contributed by atoms with Crippen LogP contribution in [0.3, 0.4) is 0 Å². The zero-order valence-electron chi connectivity index (χ0n) is 13.0. The van der Waals surface area contributed by atoms with Crippen LogP contribution in [0.25, 0.3) is 0 Å². The zero-order valence-corrected chi connectivity index (χ0v) is 13.0. The Morgan fingerprint density at radius 2 is 2.00 bits per heavy atom. The van der Waals surface area contributed by atoms with Crippen molar-refractivity contribution in [3.63, 3.8) is 0 Å². The summed E-state index contributed by atoms with van der Waals surface area (Å²) in [5.74, 6) is 0.296. The van der Waals surface area contributed by atoms with E-state index < -0.39 is 4.92 Å². The maximum Gasteiger partial charge on any atom is 0.333 e. The number of nitrogens with one attached hydrogen (secondary N) is 1. The summed E-state index contributed by atoms with van der Waals surface area (Å²) in [6.45, 7) is 6.87. The number of nitro groups is 1. The van der Waals surface area contributed by atoms with Gasteiger partial charge in [0.05, 0.1) is 11.5 Å². The number of ether oxygens (including phenoxy) is 1. The molecule has 0 amide bonds. The van der Waals surface area contributed by atoms with Gasteiger partial charge in [-0.25, -0.2) is 0 Å². The van der Waals surface area contributed by atoms with Gasteiger partial charge in [-0.15, -0.1) is 0 Å².